The Hall–Kier alpha value is -3.58. The van der Waals surface area contributed by atoms with Crippen LogP contribution < -0.4 is 10.1 Å². The normalized spacial score (nSPS) is 16.9. The fourth-order valence-corrected chi connectivity index (χ4v) is 4.63. The Morgan fingerprint density at radius 2 is 1.78 bits per heavy atom. The summed E-state index contributed by atoms with van der Waals surface area (Å²) in [6.45, 7) is 5.28. The average molecular weight is 526 g/mol. The smallest absolute Gasteiger partial charge is 0.408 e. The third-order valence-corrected chi connectivity index (χ3v) is 6.44. The van der Waals surface area contributed by atoms with Crippen molar-refractivity contribution in [3.05, 3.63) is 82.6 Å². The van der Waals surface area contributed by atoms with Crippen molar-refractivity contribution in [2.24, 2.45) is 0 Å². The van der Waals surface area contributed by atoms with Crippen molar-refractivity contribution in [1.82, 2.24) is 5.32 Å². The molecule has 194 valence electrons. The number of benzene rings is 3. The summed E-state index contributed by atoms with van der Waals surface area (Å²) in [4.78, 5) is 25.5. The standard InChI is InChI=1S/C29H29ClFNO5/c1-28(2,3)37-27(34)32-29(26(33)35-4)14-13-18-9-11-21(15-20(18)17-29)36-25-8-6-5-7-22(25)19-10-12-24(31)23(30)16-19/h5-12,15-16H,13-14,17H2,1-4H3,(H,32,34). The highest BCUT2D eigenvalue weighted by Gasteiger charge is 2.45. The first-order chi connectivity index (χ1) is 17.5. The maximum absolute atomic E-state index is 13.7. The highest BCUT2D eigenvalue weighted by Crippen LogP contribution is 2.37. The van der Waals surface area contributed by atoms with E-state index in [4.69, 9.17) is 25.8 Å². The van der Waals surface area contributed by atoms with Crippen LogP contribution in [0.2, 0.25) is 5.02 Å². The minimum Gasteiger partial charge on any atom is -0.467 e. The van der Waals surface area contributed by atoms with E-state index in [-0.39, 0.29) is 11.4 Å². The first-order valence-corrected chi connectivity index (χ1v) is 12.3. The van der Waals surface area contributed by atoms with Crippen LogP contribution in [0.3, 0.4) is 0 Å². The molecule has 0 saturated heterocycles. The van der Waals surface area contributed by atoms with Gasteiger partial charge >= 0.3 is 12.1 Å². The maximum atomic E-state index is 13.7. The molecule has 3 aromatic rings. The number of esters is 1. The molecule has 6 nitrogen and oxygen atoms in total. The number of methoxy groups -OCH3 is 1. The van der Waals surface area contributed by atoms with Gasteiger partial charge in [0.15, 0.2) is 0 Å². The molecule has 0 aromatic heterocycles. The molecule has 0 saturated carbocycles. The summed E-state index contributed by atoms with van der Waals surface area (Å²) in [7, 11) is 1.30. The van der Waals surface area contributed by atoms with Crippen LogP contribution >= 0.6 is 11.6 Å². The van der Waals surface area contributed by atoms with Gasteiger partial charge in [-0.1, -0.05) is 41.9 Å². The molecule has 0 bridgehead atoms. The number of aryl methyl sites for hydroxylation is 1. The van der Waals surface area contributed by atoms with Gasteiger partial charge in [0.1, 0.15) is 28.5 Å². The van der Waals surface area contributed by atoms with Gasteiger partial charge in [-0.15, -0.1) is 0 Å². The summed E-state index contributed by atoms with van der Waals surface area (Å²) >= 11 is 6.00. The number of amides is 1. The summed E-state index contributed by atoms with van der Waals surface area (Å²) in [6.07, 6.45) is 0.479. The SMILES string of the molecule is COC(=O)C1(NC(=O)OC(C)(C)C)CCc2ccc(Oc3ccccc3-c3ccc(F)c(Cl)c3)cc2C1. The highest BCUT2D eigenvalue weighted by atomic mass is 35.5. The van der Waals surface area contributed by atoms with Crippen LogP contribution in [0.25, 0.3) is 11.1 Å². The first kappa shape index (κ1) is 26.5. The van der Waals surface area contributed by atoms with E-state index in [1.165, 1.54) is 13.2 Å². The third-order valence-electron chi connectivity index (χ3n) is 6.15. The number of para-hydroxylation sites is 1. The largest absolute Gasteiger partial charge is 0.467 e. The lowest BCUT2D eigenvalue weighted by atomic mass is 9.78. The van der Waals surface area contributed by atoms with Gasteiger partial charge in [-0.25, -0.2) is 14.0 Å². The van der Waals surface area contributed by atoms with Crippen LogP contribution in [0.1, 0.15) is 38.3 Å². The summed E-state index contributed by atoms with van der Waals surface area (Å²) < 4.78 is 30.4. The summed E-state index contributed by atoms with van der Waals surface area (Å²) in [5.74, 6) is 0.0887. The third kappa shape index (κ3) is 6.05. The molecule has 0 spiro atoms. The molecule has 1 aliphatic rings. The zero-order valence-electron chi connectivity index (χ0n) is 21.2. The number of carbonyl (C=O) groups is 2. The number of nitrogens with one attached hydrogen (secondary N) is 1. The van der Waals surface area contributed by atoms with Gasteiger partial charge in [-0.05, 0) is 80.6 Å². The first-order valence-electron chi connectivity index (χ1n) is 11.9. The number of halogens is 2. The van der Waals surface area contributed by atoms with Crippen LogP contribution in [-0.4, -0.2) is 30.3 Å². The van der Waals surface area contributed by atoms with Gasteiger partial charge in [-0.2, -0.15) is 0 Å². The second-order valence-corrected chi connectivity index (χ2v) is 10.4. The van der Waals surface area contributed by atoms with Gasteiger partial charge in [-0.3, -0.25) is 0 Å². The minimum atomic E-state index is -1.26. The Bertz CT molecular complexity index is 1340. The Morgan fingerprint density at radius 1 is 1.03 bits per heavy atom. The van der Waals surface area contributed by atoms with Crippen LogP contribution in [0.5, 0.6) is 11.5 Å². The molecule has 1 amide bonds. The molecular weight excluding hydrogens is 497 g/mol. The van der Waals surface area contributed by atoms with E-state index >= 15 is 0 Å². The van der Waals surface area contributed by atoms with Crippen molar-refractivity contribution >= 4 is 23.7 Å². The van der Waals surface area contributed by atoms with Crippen molar-refractivity contribution in [3.63, 3.8) is 0 Å². The van der Waals surface area contributed by atoms with E-state index in [0.717, 1.165) is 16.7 Å². The summed E-state index contributed by atoms with van der Waals surface area (Å²) in [6, 6.07) is 17.6. The number of rotatable bonds is 5. The van der Waals surface area contributed by atoms with E-state index in [1.807, 2.05) is 42.5 Å². The van der Waals surface area contributed by atoms with Gasteiger partial charge in [0.25, 0.3) is 0 Å². The van der Waals surface area contributed by atoms with Crippen LogP contribution in [0.15, 0.2) is 60.7 Å². The van der Waals surface area contributed by atoms with Crippen molar-refractivity contribution in [1.29, 1.82) is 0 Å². The van der Waals surface area contributed by atoms with Crippen molar-refractivity contribution in [2.45, 2.75) is 51.2 Å². The van der Waals surface area contributed by atoms with Crippen LogP contribution in [0, 0.1) is 5.82 Å². The van der Waals surface area contributed by atoms with Crippen molar-refractivity contribution in [2.75, 3.05) is 7.11 Å². The van der Waals surface area contributed by atoms with E-state index in [9.17, 15) is 14.0 Å². The predicted molar refractivity (Wildman–Crippen MR) is 140 cm³/mol. The van der Waals surface area contributed by atoms with Gasteiger partial charge in [0, 0.05) is 12.0 Å². The number of carbonyl (C=O) groups excluding carboxylic acids is 2. The van der Waals surface area contributed by atoms with Crippen molar-refractivity contribution in [3.8, 4) is 22.6 Å². The molecule has 0 heterocycles. The lowest BCUT2D eigenvalue weighted by Gasteiger charge is -2.36. The van der Waals surface area contributed by atoms with E-state index in [2.05, 4.69) is 5.32 Å². The fourth-order valence-electron chi connectivity index (χ4n) is 4.45. The predicted octanol–water partition coefficient (Wildman–Crippen LogP) is 6.86. The highest BCUT2D eigenvalue weighted by molar-refractivity contribution is 6.31. The van der Waals surface area contributed by atoms with E-state index in [1.54, 1.807) is 32.9 Å². The zero-order chi connectivity index (χ0) is 26.8. The molecule has 4 rings (SSSR count). The van der Waals surface area contributed by atoms with Crippen molar-refractivity contribution < 1.29 is 28.2 Å². The lowest BCUT2D eigenvalue weighted by Crippen LogP contribution is -2.59. The molecule has 1 N–H and O–H groups in total. The Labute approximate surface area is 220 Å². The molecule has 0 radical (unpaired) electrons. The summed E-state index contributed by atoms with van der Waals surface area (Å²) in [5, 5.41) is 2.80. The van der Waals surface area contributed by atoms with E-state index < -0.39 is 29.0 Å². The van der Waals surface area contributed by atoms with Gasteiger partial charge in [0.2, 0.25) is 0 Å². The van der Waals surface area contributed by atoms with Crippen LogP contribution in [0.4, 0.5) is 9.18 Å². The second-order valence-electron chi connectivity index (χ2n) is 10.0. The number of alkyl carbamates (subject to hydrolysis) is 1. The molecule has 3 aromatic carbocycles. The maximum Gasteiger partial charge on any atom is 0.408 e. The molecule has 1 atom stereocenters. The topological polar surface area (TPSA) is 73.9 Å². The molecule has 37 heavy (non-hydrogen) atoms. The van der Waals surface area contributed by atoms with Gasteiger partial charge in [0.05, 0.1) is 12.1 Å². The number of fused-ring (bicyclic) bond motifs is 1. The minimum absolute atomic E-state index is 0.0257. The Morgan fingerprint density at radius 3 is 2.49 bits per heavy atom. The average Bonchev–Trinajstić information content (AvgIpc) is 2.84. The monoisotopic (exact) mass is 525 g/mol. The zero-order valence-corrected chi connectivity index (χ0v) is 21.9. The quantitative estimate of drug-likeness (QED) is 0.368. The summed E-state index contributed by atoms with van der Waals surface area (Å²) in [5.41, 5.74) is 1.40. The molecular formula is C29H29ClFNO5. The fraction of sp³-hybridized carbons (Fsp3) is 0.310. The molecule has 0 aliphatic heterocycles. The molecule has 1 aliphatic carbocycles. The van der Waals surface area contributed by atoms with Crippen LogP contribution in [-0.2, 0) is 27.1 Å². The number of ether oxygens (including phenoxy) is 3. The molecule has 0 fully saturated rings. The second kappa shape index (κ2) is 10.4. The molecule has 1 unspecified atom stereocenters. The lowest BCUT2D eigenvalue weighted by molar-refractivity contribution is -0.149. The number of hydrogen-bond acceptors (Lipinski definition) is 5. The molecule has 8 heteroatoms. The number of hydrogen-bond donors (Lipinski definition) is 1. The van der Waals surface area contributed by atoms with E-state index in [0.29, 0.717) is 29.9 Å². The van der Waals surface area contributed by atoms with Gasteiger partial charge < -0.3 is 19.5 Å². The Balaban J connectivity index is 1.62. The Kier molecular flexibility index (Phi) is 7.46.